The lowest BCUT2D eigenvalue weighted by Crippen LogP contribution is -2.31. The molecule has 1 aromatic heterocycles. The van der Waals surface area contributed by atoms with Gasteiger partial charge in [0, 0.05) is 13.1 Å². The van der Waals surface area contributed by atoms with Crippen molar-refractivity contribution < 1.29 is 9.21 Å². The van der Waals surface area contributed by atoms with E-state index in [-0.39, 0.29) is 5.91 Å². The van der Waals surface area contributed by atoms with Crippen LogP contribution in [0.1, 0.15) is 23.9 Å². The second-order valence-corrected chi connectivity index (χ2v) is 3.02. The summed E-state index contributed by atoms with van der Waals surface area (Å²) in [4.78, 5) is 13.5. The largest absolute Gasteiger partial charge is 0.459 e. The minimum atomic E-state index is -0.0725. The smallest absolute Gasteiger partial charge is 0.289 e. The third kappa shape index (κ3) is 2.49. The fraction of sp³-hybridized carbons (Fsp3) is 0.364. The van der Waals surface area contributed by atoms with Crippen LogP contribution in [0.5, 0.6) is 0 Å². The molecule has 0 unspecified atom stereocenters. The van der Waals surface area contributed by atoms with Crippen LogP contribution in [0, 0.1) is 0 Å². The summed E-state index contributed by atoms with van der Waals surface area (Å²) in [5, 5.41) is 0. The summed E-state index contributed by atoms with van der Waals surface area (Å²) in [7, 11) is 0. The number of hydrogen-bond acceptors (Lipinski definition) is 2. The van der Waals surface area contributed by atoms with Crippen LogP contribution in [-0.4, -0.2) is 23.9 Å². The first kappa shape index (κ1) is 10.6. The van der Waals surface area contributed by atoms with E-state index >= 15 is 0 Å². The molecule has 0 fully saturated rings. The van der Waals surface area contributed by atoms with Gasteiger partial charge < -0.3 is 9.32 Å². The van der Waals surface area contributed by atoms with Crippen molar-refractivity contribution in [1.82, 2.24) is 4.90 Å². The Hall–Kier alpha value is -1.51. The van der Waals surface area contributed by atoms with Crippen molar-refractivity contribution in [3.05, 3.63) is 36.8 Å². The first-order valence-electron chi connectivity index (χ1n) is 4.73. The van der Waals surface area contributed by atoms with Gasteiger partial charge in [0.1, 0.15) is 0 Å². The molecule has 1 amide bonds. The zero-order valence-corrected chi connectivity index (χ0v) is 8.40. The Kier molecular flexibility index (Phi) is 3.98. The Balaban J connectivity index is 2.68. The zero-order chi connectivity index (χ0) is 10.4. The highest BCUT2D eigenvalue weighted by Gasteiger charge is 2.15. The Morgan fingerprint density at radius 2 is 2.50 bits per heavy atom. The minimum Gasteiger partial charge on any atom is -0.459 e. The van der Waals surface area contributed by atoms with Crippen molar-refractivity contribution >= 4 is 5.91 Å². The lowest BCUT2D eigenvalue weighted by atomic mass is 10.3. The number of hydrogen-bond donors (Lipinski definition) is 0. The molecule has 0 radical (unpaired) electrons. The summed E-state index contributed by atoms with van der Waals surface area (Å²) in [5.74, 6) is 0.317. The summed E-state index contributed by atoms with van der Waals surface area (Å²) < 4.78 is 5.04. The maximum absolute atomic E-state index is 11.8. The molecule has 14 heavy (non-hydrogen) atoms. The first-order chi connectivity index (χ1) is 6.79. The van der Waals surface area contributed by atoms with Gasteiger partial charge in [0.15, 0.2) is 5.76 Å². The molecule has 0 saturated carbocycles. The van der Waals surface area contributed by atoms with E-state index < -0.39 is 0 Å². The molecular weight excluding hydrogens is 178 g/mol. The molecule has 0 aliphatic carbocycles. The van der Waals surface area contributed by atoms with Crippen molar-refractivity contribution in [2.24, 2.45) is 0 Å². The second-order valence-electron chi connectivity index (χ2n) is 3.02. The minimum absolute atomic E-state index is 0.0725. The van der Waals surface area contributed by atoms with Crippen LogP contribution in [-0.2, 0) is 0 Å². The van der Waals surface area contributed by atoms with Crippen LogP contribution in [0.4, 0.5) is 0 Å². The Bertz CT molecular complexity index is 290. The third-order valence-corrected chi connectivity index (χ3v) is 1.86. The van der Waals surface area contributed by atoms with Gasteiger partial charge in [-0.2, -0.15) is 0 Å². The highest BCUT2D eigenvalue weighted by Crippen LogP contribution is 2.06. The zero-order valence-electron chi connectivity index (χ0n) is 8.40. The van der Waals surface area contributed by atoms with E-state index in [1.54, 1.807) is 23.1 Å². The Morgan fingerprint density at radius 1 is 1.71 bits per heavy atom. The molecule has 0 N–H and O–H groups in total. The normalized spacial score (nSPS) is 9.79. The fourth-order valence-corrected chi connectivity index (χ4v) is 1.26. The van der Waals surface area contributed by atoms with Gasteiger partial charge in [-0.25, -0.2) is 0 Å². The molecule has 3 nitrogen and oxygen atoms in total. The predicted molar refractivity (Wildman–Crippen MR) is 55.1 cm³/mol. The van der Waals surface area contributed by atoms with Gasteiger partial charge >= 0.3 is 0 Å². The maximum atomic E-state index is 11.8. The summed E-state index contributed by atoms with van der Waals surface area (Å²) in [6, 6.07) is 3.39. The van der Waals surface area contributed by atoms with Crippen LogP contribution in [0.3, 0.4) is 0 Å². The molecule has 3 heteroatoms. The lowest BCUT2D eigenvalue weighted by Gasteiger charge is -2.18. The summed E-state index contributed by atoms with van der Waals surface area (Å²) in [6.45, 7) is 6.95. The van der Waals surface area contributed by atoms with Crippen molar-refractivity contribution in [2.45, 2.75) is 13.3 Å². The number of amides is 1. The van der Waals surface area contributed by atoms with E-state index in [0.717, 1.165) is 13.0 Å². The van der Waals surface area contributed by atoms with Crippen LogP contribution in [0.25, 0.3) is 0 Å². The Morgan fingerprint density at radius 3 is 3.00 bits per heavy atom. The maximum Gasteiger partial charge on any atom is 0.289 e. The molecule has 0 atom stereocenters. The Labute approximate surface area is 84.0 Å². The van der Waals surface area contributed by atoms with Gasteiger partial charge in [0.05, 0.1) is 6.26 Å². The van der Waals surface area contributed by atoms with E-state index in [4.69, 9.17) is 4.42 Å². The quantitative estimate of drug-likeness (QED) is 0.672. The van der Waals surface area contributed by atoms with E-state index in [9.17, 15) is 4.79 Å². The molecule has 0 aliphatic rings. The number of carbonyl (C=O) groups is 1. The first-order valence-corrected chi connectivity index (χ1v) is 4.73. The molecule has 1 aromatic rings. The van der Waals surface area contributed by atoms with E-state index in [1.165, 1.54) is 6.26 Å². The number of rotatable bonds is 5. The standard InChI is InChI=1S/C11H15NO2/c1-3-7-12(8-4-2)11(13)10-6-5-9-14-10/h3,5-6,9H,1,4,7-8H2,2H3. The van der Waals surface area contributed by atoms with Crippen LogP contribution in [0.2, 0.25) is 0 Å². The van der Waals surface area contributed by atoms with Crippen LogP contribution < -0.4 is 0 Å². The van der Waals surface area contributed by atoms with Crippen molar-refractivity contribution in [1.29, 1.82) is 0 Å². The average molecular weight is 193 g/mol. The van der Waals surface area contributed by atoms with E-state index in [2.05, 4.69) is 6.58 Å². The van der Waals surface area contributed by atoms with Gasteiger partial charge in [-0.3, -0.25) is 4.79 Å². The monoisotopic (exact) mass is 193 g/mol. The van der Waals surface area contributed by atoms with Gasteiger partial charge in [0.25, 0.3) is 5.91 Å². The SMILES string of the molecule is C=CCN(CCC)C(=O)c1ccco1. The number of furan rings is 1. The lowest BCUT2D eigenvalue weighted by molar-refractivity contribution is 0.0742. The average Bonchev–Trinajstić information content (AvgIpc) is 2.69. The van der Waals surface area contributed by atoms with E-state index in [0.29, 0.717) is 12.3 Å². The molecule has 76 valence electrons. The highest BCUT2D eigenvalue weighted by atomic mass is 16.3. The third-order valence-electron chi connectivity index (χ3n) is 1.86. The van der Waals surface area contributed by atoms with Crippen LogP contribution >= 0.6 is 0 Å². The molecule has 0 aromatic carbocycles. The second kappa shape index (κ2) is 5.27. The summed E-state index contributed by atoms with van der Waals surface area (Å²) >= 11 is 0. The van der Waals surface area contributed by atoms with Crippen molar-refractivity contribution in [2.75, 3.05) is 13.1 Å². The molecule has 0 bridgehead atoms. The number of carbonyl (C=O) groups excluding carboxylic acids is 1. The van der Waals surface area contributed by atoms with Gasteiger partial charge in [-0.05, 0) is 18.6 Å². The molecule has 0 spiro atoms. The molecule has 1 rings (SSSR count). The topological polar surface area (TPSA) is 33.5 Å². The molecular formula is C11H15NO2. The van der Waals surface area contributed by atoms with E-state index in [1.807, 2.05) is 6.92 Å². The van der Waals surface area contributed by atoms with Crippen LogP contribution in [0.15, 0.2) is 35.5 Å². The summed E-state index contributed by atoms with van der Waals surface area (Å²) in [6.07, 6.45) is 4.15. The van der Waals surface area contributed by atoms with Crippen molar-refractivity contribution in [3.8, 4) is 0 Å². The predicted octanol–water partition coefficient (Wildman–Crippen LogP) is 2.32. The molecule has 0 saturated heterocycles. The summed E-state index contributed by atoms with van der Waals surface area (Å²) in [5.41, 5.74) is 0. The van der Waals surface area contributed by atoms with Gasteiger partial charge in [-0.15, -0.1) is 6.58 Å². The van der Waals surface area contributed by atoms with Gasteiger partial charge in [-0.1, -0.05) is 13.0 Å². The number of nitrogens with zero attached hydrogens (tertiary/aromatic N) is 1. The highest BCUT2D eigenvalue weighted by molar-refractivity contribution is 5.91. The fourth-order valence-electron chi connectivity index (χ4n) is 1.26. The molecule has 1 heterocycles. The van der Waals surface area contributed by atoms with Gasteiger partial charge in [0.2, 0.25) is 0 Å². The van der Waals surface area contributed by atoms with Crippen molar-refractivity contribution in [3.63, 3.8) is 0 Å². The molecule has 0 aliphatic heterocycles.